The van der Waals surface area contributed by atoms with Gasteiger partial charge in [-0.15, -0.1) is 0 Å². The summed E-state index contributed by atoms with van der Waals surface area (Å²) < 4.78 is 18.5. The molecule has 1 rings (SSSR count). The van der Waals surface area contributed by atoms with Gasteiger partial charge in [-0.3, -0.25) is 0 Å². The summed E-state index contributed by atoms with van der Waals surface area (Å²) in [5, 5.41) is 9.70. The fourth-order valence-corrected chi connectivity index (χ4v) is 1.61. The lowest BCUT2D eigenvalue weighted by Gasteiger charge is -2.20. The van der Waals surface area contributed by atoms with E-state index >= 15 is 0 Å². The van der Waals surface area contributed by atoms with Crippen LogP contribution in [0.15, 0.2) is 18.2 Å². The number of rotatable bonds is 7. The first-order chi connectivity index (χ1) is 8.44. The van der Waals surface area contributed by atoms with Crippen molar-refractivity contribution in [2.24, 2.45) is 5.73 Å². The van der Waals surface area contributed by atoms with Crippen LogP contribution in [0, 0.1) is 12.7 Å². The maximum absolute atomic E-state index is 13.0. The van der Waals surface area contributed by atoms with Crippen molar-refractivity contribution in [2.45, 2.75) is 38.7 Å². The van der Waals surface area contributed by atoms with Crippen molar-refractivity contribution in [3.05, 3.63) is 29.6 Å². The highest BCUT2D eigenvalue weighted by Gasteiger charge is 2.16. The minimum absolute atomic E-state index is 0.221. The molecule has 1 aromatic rings. The standard InChI is InChI=1S/C14H22FNO2/c1-11-9-12(5-6-13(11)15)18-8-4-3-7-14(2,17)10-16/h5-6,9,17H,3-4,7-8,10,16H2,1-2H3. The molecular formula is C14H22FNO2. The smallest absolute Gasteiger partial charge is 0.126 e. The molecule has 0 bridgehead atoms. The van der Waals surface area contributed by atoms with Crippen molar-refractivity contribution >= 4 is 0 Å². The Labute approximate surface area is 108 Å². The lowest BCUT2D eigenvalue weighted by Crippen LogP contribution is -2.33. The third-order valence-corrected chi connectivity index (χ3v) is 2.95. The van der Waals surface area contributed by atoms with E-state index in [4.69, 9.17) is 10.5 Å². The van der Waals surface area contributed by atoms with E-state index in [2.05, 4.69) is 0 Å². The zero-order valence-electron chi connectivity index (χ0n) is 11.1. The predicted molar refractivity (Wildman–Crippen MR) is 70.2 cm³/mol. The molecule has 0 aliphatic carbocycles. The Morgan fingerprint density at radius 2 is 2.11 bits per heavy atom. The molecule has 3 nitrogen and oxygen atoms in total. The van der Waals surface area contributed by atoms with Crippen LogP contribution in [-0.2, 0) is 0 Å². The monoisotopic (exact) mass is 255 g/mol. The van der Waals surface area contributed by atoms with Crippen LogP contribution in [0.5, 0.6) is 5.75 Å². The number of aryl methyl sites for hydroxylation is 1. The van der Waals surface area contributed by atoms with Crippen LogP contribution in [0.4, 0.5) is 4.39 Å². The summed E-state index contributed by atoms with van der Waals surface area (Å²) in [7, 11) is 0. The molecule has 1 unspecified atom stereocenters. The van der Waals surface area contributed by atoms with E-state index in [1.165, 1.54) is 6.07 Å². The van der Waals surface area contributed by atoms with Gasteiger partial charge in [0.2, 0.25) is 0 Å². The summed E-state index contributed by atoms with van der Waals surface area (Å²) in [5.41, 5.74) is 5.22. The molecule has 18 heavy (non-hydrogen) atoms. The van der Waals surface area contributed by atoms with Crippen LogP contribution in [0.25, 0.3) is 0 Å². The number of aliphatic hydroxyl groups is 1. The fourth-order valence-electron chi connectivity index (χ4n) is 1.61. The second-order valence-corrected chi connectivity index (χ2v) is 4.92. The number of nitrogens with two attached hydrogens (primary N) is 1. The van der Waals surface area contributed by atoms with Crippen molar-refractivity contribution in [1.29, 1.82) is 0 Å². The van der Waals surface area contributed by atoms with E-state index in [1.807, 2.05) is 0 Å². The Balaban J connectivity index is 2.24. The van der Waals surface area contributed by atoms with Crippen molar-refractivity contribution in [2.75, 3.05) is 13.2 Å². The van der Waals surface area contributed by atoms with E-state index in [9.17, 15) is 9.50 Å². The molecule has 0 saturated carbocycles. The molecule has 0 fully saturated rings. The van der Waals surface area contributed by atoms with Gasteiger partial charge < -0.3 is 15.6 Å². The van der Waals surface area contributed by atoms with Crippen molar-refractivity contribution in [1.82, 2.24) is 0 Å². The Morgan fingerprint density at radius 3 is 2.72 bits per heavy atom. The number of ether oxygens (including phenoxy) is 1. The van der Waals surface area contributed by atoms with Gasteiger partial charge in [0.15, 0.2) is 0 Å². The molecule has 0 aliphatic rings. The molecule has 3 N–H and O–H groups in total. The normalized spacial score (nSPS) is 14.3. The maximum atomic E-state index is 13.0. The van der Waals surface area contributed by atoms with Gasteiger partial charge >= 0.3 is 0 Å². The van der Waals surface area contributed by atoms with Gasteiger partial charge in [-0.05, 0) is 56.9 Å². The van der Waals surface area contributed by atoms with Crippen LogP contribution in [0.1, 0.15) is 31.7 Å². The molecule has 0 radical (unpaired) electrons. The minimum atomic E-state index is -0.785. The number of benzene rings is 1. The van der Waals surface area contributed by atoms with Crippen molar-refractivity contribution in [3.63, 3.8) is 0 Å². The van der Waals surface area contributed by atoms with Crippen LogP contribution < -0.4 is 10.5 Å². The Hall–Kier alpha value is -1.13. The van der Waals surface area contributed by atoms with Crippen LogP contribution in [0.3, 0.4) is 0 Å². The Kier molecular flexibility index (Phi) is 5.56. The number of unbranched alkanes of at least 4 members (excludes halogenated alkanes) is 1. The zero-order chi connectivity index (χ0) is 13.6. The molecule has 0 aromatic heterocycles. The minimum Gasteiger partial charge on any atom is -0.494 e. The number of halogens is 1. The van der Waals surface area contributed by atoms with E-state index in [1.54, 1.807) is 26.0 Å². The maximum Gasteiger partial charge on any atom is 0.126 e. The van der Waals surface area contributed by atoms with Gasteiger partial charge in [0.05, 0.1) is 12.2 Å². The first-order valence-corrected chi connectivity index (χ1v) is 6.26. The van der Waals surface area contributed by atoms with E-state index in [0.29, 0.717) is 24.3 Å². The van der Waals surface area contributed by atoms with Gasteiger partial charge in [-0.2, -0.15) is 0 Å². The first kappa shape index (κ1) is 14.9. The molecule has 1 aromatic carbocycles. The summed E-state index contributed by atoms with van der Waals surface area (Å²) >= 11 is 0. The van der Waals surface area contributed by atoms with Crippen molar-refractivity contribution < 1.29 is 14.2 Å². The summed E-state index contributed by atoms with van der Waals surface area (Å²) in [5.74, 6) is 0.459. The van der Waals surface area contributed by atoms with Crippen LogP contribution in [-0.4, -0.2) is 23.9 Å². The second kappa shape index (κ2) is 6.71. The highest BCUT2D eigenvalue weighted by atomic mass is 19.1. The first-order valence-electron chi connectivity index (χ1n) is 6.26. The summed E-state index contributed by atoms with van der Waals surface area (Å²) in [6, 6.07) is 4.72. The third kappa shape index (κ3) is 5.02. The highest BCUT2D eigenvalue weighted by molar-refractivity contribution is 5.28. The molecule has 0 aliphatic heterocycles. The van der Waals surface area contributed by atoms with E-state index in [-0.39, 0.29) is 12.4 Å². The highest BCUT2D eigenvalue weighted by Crippen LogP contribution is 2.17. The van der Waals surface area contributed by atoms with Gasteiger partial charge in [0.1, 0.15) is 11.6 Å². The third-order valence-electron chi connectivity index (χ3n) is 2.95. The molecule has 0 spiro atoms. The van der Waals surface area contributed by atoms with Crippen LogP contribution >= 0.6 is 0 Å². The quantitative estimate of drug-likeness (QED) is 0.736. The van der Waals surface area contributed by atoms with Crippen LogP contribution in [0.2, 0.25) is 0 Å². The molecule has 0 saturated heterocycles. The molecule has 1 atom stereocenters. The average Bonchev–Trinajstić information content (AvgIpc) is 2.33. The molecule has 4 heteroatoms. The van der Waals surface area contributed by atoms with Crippen molar-refractivity contribution in [3.8, 4) is 5.75 Å². The van der Waals surface area contributed by atoms with Gasteiger partial charge in [0, 0.05) is 6.54 Å². The zero-order valence-corrected chi connectivity index (χ0v) is 11.1. The van der Waals surface area contributed by atoms with E-state index in [0.717, 1.165) is 12.8 Å². The summed E-state index contributed by atoms with van der Waals surface area (Å²) in [6.45, 7) is 4.27. The molecule has 102 valence electrons. The Morgan fingerprint density at radius 1 is 1.39 bits per heavy atom. The fraction of sp³-hybridized carbons (Fsp3) is 0.571. The molecule has 0 amide bonds. The SMILES string of the molecule is Cc1cc(OCCCCC(C)(O)CN)ccc1F. The lowest BCUT2D eigenvalue weighted by molar-refractivity contribution is 0.0562. The Bertz CT molecular complexity index is 380. The molecular weight excluding hydrogens is 233 g/mol. The van der Waals surface area contributed by atoms with Gasteiger partial charge in [-0.1, -0.05) is 0 Å². The number of hydrogen-bond acceptors (Lipinski definition) is 3. The van der Waals surface area contributed by atoms with Gasteiger partial charge in [-0.25, -0.2) is 4.39 Å². The second-order valence-electron chi connectivity index (χ2n) is 4.92. The number of hydrogen-bond donors (Lipinski definition) is 2. The van der Waals surface area contributed by atoms with E-state index < -0.39 is 5.60 Å². The largest absolute Gasteiger partial charge is 0.494 e. The van der Waals surface area contributed by atoms with Gasteiger partial charge in [0.25, 0.3) is 0 Å². The topological polar surface area (TPSA) is 55.5 Å². The summed E-state index contributed by atoms with van der Waals surface area (Å²) in [6.07, 6.45) is 2.35. The average molecular weight is 255 g/mol. The summed E-state index contributed by atoms with van der Waals surface area (Å²) in [4.78, 5) is 0. The predicted octanol–water partition coefficient (Wildman–Crippen LogP) is 2.39. The lowest BCUT2D eigenvalue weighted by atomic mass is 10.00. The molecule has 0 heterocycles.